The Labute approximate surface area is 356 Å². The van der Waals surface area contributed by atoms with Crippen molar-refractivity contribution in [3.63, 3.8) is 0 Å². The normalized spacial score (nSPS) is 19.4. The van der Waals surface area contributed by atoms with Crippen molar-refractivity contribution in [1.29, 1.82) is 5.41 Å². The molecule has 6 heterocycles. The summed E-state index contributed by atoms with van der Waals surface area (Å²) in [6.07, 6.45) is 9.71. The third-order valence-corrected chi connectivity index (χ3v) is 12.7. The molecular weight excluding hydrogens is 802 g/mol. The van der Waals surface area contributed by atoms with Crippen LogP contribution in [0.4, 0.5) is 26.6 Å². The van der Waals surface area contributed by atoms with Crippen molar-refractivity contribution in [1.82, 2.24) is 43.9 Å². The van der Waals surface area contributed by atoms with Crippen molar-refractivity contribution in [3.8, 4) is 5.75 Å². The number of urea groups is 1. The lowest BCUT2D eigenvalue weighted by atomic mass is 9.88. The molecule has 3 aliphatic heterocycles. The molecule has 0 radical (unpaired) electrons. The van der Waals surface area contributed by atoms with Crippen LogP contribution < -0.4 is 26.0 Å². The summed E-state index contributed by atoms with van der Waals surface area (Å²) in [5.74, 6) is 0.690. The third kappa shape index (κ3) is 9.58. The lowest BCUT2D eigenvalue weighted by Gasteiger charge is -2.45. The number of hydrogen-bond acceptors (Lipinski definition) is 12. The summed E-state index contributed by atoms with van der Waals surface area (Å²) in [5, 5.41) is 22.5. The average molecular weight is 856 g/mol. The Morgan fingerprint density at radius 3 is 2.66 bits per heavy atom. The third-order valence-electron chi connectivity index (χ3n) is 11.3. The van der Waals surface area contributed by atoms with E-state index in [2.05, 4.69) is 49.5 Å². The van der Waals surface area contributed by atoms with E-state index in [1.807, 2.05) is 49.5 Å². The number of para-hydroxylation sites is 1. The molecule has 0 bridgehead atoms. The quantitative estimate of drug-likeness (QED) is 0.118. The molecule has 3 aliphatic rings. The monoisotopic (exact) mass is 855 g/mol. The maximum Gasteiger partial charge on any atom is 0.329 e. The van der Waals surface area contributed by atoms with E-state index in [0.29, 0.717) is 52.3 Å². The van der Waals surface area contributed by atoms with Crippen molar-refractivity contribution in [3.05, 3.63) is 66.5 Å². The minimum atomic E-state index is -1.46. The number of carbonyl (C=O) groups excluding carboxylic acids is 2. The van der Waals surface area contributed by atoms with Crippen LogP contribution in [0.25, 0.3) is 22.1 Å². The van der Waals surface area contributed by atoms with Crippen molar-refractivity contribution >= 4 is 68.7 Å². The van der Waals surface area contributed by atoms with Gasteiger partial charge in [0.15, 0.2) is 11.6 Å². The first-order valence-electron chi connectivity index (χ1n) is 20.6. The zero-order valence-electron chi connectivity index (χ0n) is 35.2. The number of halogens is 1. The van der Waals surface area contributed by atoms with Crippen LogP contribution in [0.1, 0.15) is 71.9 Å². The topological polar surface area (TPSA) is 205 Å². The van der Waals surface area contributed by atoms with E-state index in [9.17, 15) is 13.8 Å². The highest BCUT2D eigenvalue weighted by Crippen LogP contribution is 2.33. The SMILES string of the molecule is CC(C)Oc1c(/C(C=N)=C/N)ncn2nc(Nc3ccc(S(=O)N4CCCC(CN5CCCCC5(C)C)C4)cc3F)nc12.Cn1nc(N2CCC(=O)NC2=O)c2ccccc21. The molecule has 5 N–H and O–H groups in total. The molecule has 0 saturated carbocycles. The van der Waals surface area contributed by atoms with Gasteiger partial charge in [-0.25, -0.2) is 22.7 Å². The molecule has 5 aromatic rings. The Morgan fingerprint density at radius 2 is 1.93 bits per heavy atom. The lowest BCUT2D eigenvalue weighted by Crippen LogP contribution is -2.51. The fourth-order valence-electron chi connectivity index (χ4n) is 8.07. The lowest BCUT2D eigenvalue weighted by molar-refractivity contribution is -0.120. The number of imide groups is 1. The first-order chi connectivity index (χ1) is 29.3. The fourth-order valence-corrected chi connectivity index (χ4v) is 9.40. The van der Waals surface area contributed by atoms with Gasteiger partial charge in [-0.3, -0.25) is 24.6 Å². The van der Waals surface area contributed by atoms with Gasteiger partial charge in [0.25, 0.3) is 0 Å². The van der Waals surface area contributed by atoms with Crippen LogP contribution in [0.3, 0.4) is 0 Å². The fraction of sp³-hybridized carbons (Fsp3) is 0.452. The zero-order valence-corrected chi connectivity index (χ0v) is 36.0. The second kappa shape index (κ2) is 18.4. The van der Waals surface area contributed by atoms with Gasteiger partial charge in [-0.05, 0) is 96.2 Å². The standard InChI is InChI=1S/C30H42FN9O2S.C12H12N4O2/c1-20(2)42-27-26(22(15-32)16-33)34-19-40-28(27)36-29(37-40)35-25-10-9-23(14-24(25)31)43(41)39-13-7-8-21(18-39)17-38-12-6-5-11-30(38,3)4;1-15-9-5-3-2-4-8(9)11(14-15)16-7-6-10(17)13-12(16)18/h9-10,14-16,19-21,32H,5-8,11-13,17-18,33H2,1-4H3,(H,35,37);2-5H,6-7H2,1H3,(H,13,17,18)/b22-16+,32-15?;. The summed E-state index contributed by atoms with van der Waals surface area (Å²) in [5.41, 5.74) is 8.06. The number of amides is 3. The maximum atomic E-state index is 15.3. The molecule has 17 nitrogen and oxygen atoms in total. The number of aromatic nitrogens is 6. The highest BCUT2D eigenvalue weighted by molar-refractivity contribution is 7.82. The van der Waals surface area contributed by atoms with Crippen molar-refractivity contribution < 1.29 is 22.9 Å². The summed E-state index contributed by atoms with van der Waals surface area (Å²) in [7, 11) is 0.373. The van der Waals surface area contributed by atoms with E-state index in [1.165, 1.54) is 47.3 Å². The number of nitrogens with two attached hydrogens (primary N) is 1. The van der Waals surface area contributed by atoms with E-state index in [0.717, 1.165) is 56.1 Å². The molecular formula is C42H54FN13O4S. The van der Waals surface area contributed by atoms with Gasteiger partial charge in [-0.15, -0.1) is 5.10 Å². The Hall–Kier alpha value is -5.79. The molecule has 3 saturated heterocycles. The Morgan fingerprint density at radius 1 is 1.13 bits per heavy atom. The molecule has 61 heavy (non-hydrogen) atoms. The van der Waals surface area contributed by atoms with Crippen molar-refractivity contribution in [2.24, 2.45) is 18.7 Å². The number of nitrogens with zero attached hydrogens (tertiary/aromatic N) is 9. The predicted molar refractivity (Wildman–Crippen MR) is 234 cm³/mol. The highest BCUT2D eigenvalue weighted by atomic mass is 32.2. The van der Waals surface area contributed by atoms with E-state index in [-0.39, 0.29) is 29.2 Å². The molecule has 3 amide bonds. The van der Waals surface area contributed by atoms with Gasteiger partial charge in [-0.2, -0.15) is 14.6 Å². The summed E-state index contributed by atoms with van der Waals surface area (Å²) >= 11 is 0. The van der Waals surface area contributed by atoms with Crippen LogP contribution in [-0.4, -0.2) is 105 Å². The predicted octanol–water partition coefficient (Wildman–Crippen LogP) is 5.76. The molecule has 8 rings (SSSR count). The van der Waals surface area contributed by atoms with Crippen LogP contribution >= 0.6 is 0 Å². The number of nitrogens with one attached hydrogen (secondary N) is 3. The van der Waals surface area contributed by atoms with Crippen LogP contribution in [0.15, 0.2) is 59.9 Å². The average Bonchev–Trinajstić information content (AvgIpc) is 3.81. The van der Waals surface area contributed by atoms with Crippen LogP contribution in [0.5, 0.6) is 5.75 Å². The van der Waals surface area contributed by atoms with E-state index in [1.54, 1.807) is 16.8 Å². The zero-order chi connectivity index (χ0) is 43.4. The molecule has 0 aliphatic carbocycles. The largest absolute Gasteiger partial charge is 0.485 e. The number of benzene rings is 2. The number of ether oxygens (including phenoxy) is 1. The van der Waals surface area contributed by atoms with Crippen LogP contribution in [0.2, 0.25) is 0 Å². The van der Waals surface area contributed by atoms with E-state index in [4.69, 9.17) is 15.9 Å². The van der Waals surface area contributed by atoms with E-state index >= 15 is 4.39 Å². The highest BCUT2D eigenvalue weighted by Gasteiger charge is 2.34. The number of rotatable bonds is 11. The van der Waals surface area contributed by atoms with Gasteiger partial charge >= 0.3 is 6.03 Å². The molecule has 324 valence electrons. The summed E-state index contributed by atoms with van der Waals surface area (Å²) in [6, 6.07) is 11.8. The van der Waals surface area contributed by atoms with E-state index < -0.39 is 22.8 Å². The second-order valence-electron chi connectivity index (χ2n) is 16.4. The second-order valence-corrected chi connectivity index (χ2v) is 17.9. The minimum absolute atomic E-state index is 0.132. The number of anilines is 3. The number of allylic oxidation sites excluding steroid dienone is 1. The number of piperidine rings is 2. The van der Waals surface area contributed by atoms with Gasteiger partial charge in [-0.1, -0.05) is 18.6 Å². The van der Waals surface area contributed by atoms with Crippen molar-refractivity contribution in [2.45, 2.75) is 82.8 Å². The molecule has 3 fully saturated rings. The molecule has 0 spiro atoms. The van der Waals surface area contributed by atoms with Crippen LogP contribution in [-0.2, 0) is 22.8 Å². The smallest absolute Gasteiger partial charge is 0.329 e. The van der Waals surface area contributed by atoms with Crippen molar-refractivity contribution in [2.75, 3.05) is 42.9 Å². The van der Waals surface area contributed by atoms with Gasteiger partial charge in [0.2, 0.25) is 17.5 Å². The minimum Gasteiger partial charge on any atom is -0.485 e. The van der Waals surface area contributed by atoms with Gasteiger partial charge in [0.1, 0.15) is 28.8 Å². The molecule has 3 aromatic heterocycles. The number of hydrogen-bond donors (Lipinski definition) is 4. The Balaban J connectivity index is 0.000000258. The number of likely N-dealkylation sites (tertiary alicyclic amines) is 1. The first kappa shape index (κ1) is 43.3. The number of fused-ring (bicyclic) bond motifs is 2. The summed E-state index contributed by atoms with van der Waals surface area (Å²) < 4.78 is 40.0. The molecule has 2 atom stereocenters. The Kier molecular flexibility index (Phi) is 13.1. The maximum absolute atomic E-state index is 15.3. The first-order valence-corrected chi connectivity index (χ1v) is 21.7. The number of carbonyl (C=O) groups is 2. The summed E-state index contributed by atoms with van der Waals surface area (Å²) in [6.45, 7) is 12.3. The van der Waals surface area contributed by atoms with Crippen LogP contribution in [0, 0.1) is 17.1 Å². The Bertz CT molecular complexity index is 2480. The van der Waals surface area contributed by atoms with Gasteiger partial charge in [0, 0.05) is 68.6 Å². The van der Waals surface area contributed by atoms with Gasteiger partial charge < -0.3 is 21.2 Å². The molecule has 19 heteroatoms. The summed E-state index contributed by atoms with van der Waals surface area (Å²) in [4.78, 5) is 36.3. The number of aryl methyl sites for hydroxylation is 1. The van der Waals surface area contributed by atoms with Gasteiger partial charge in [0.05, 0.1) is 22.2 Å². The molecule has 2 aromatic carbocycles. The molecule has 2 unspecified atom stereocenters.